The van der Waals surface area contributed by atoms with Gasteiger partial charge in [0.1, 0.15) is 5.75 Å². The summed E-state index contributed by atoms with van der Waals surface area (Å²) >= 11 is 0. The standard InChI is InChI=1S/C13H17N3O2/c1-16-7-6-14-8-10(16)12-13(17)15-9-4-2-3-5-11(9)18-12/h2-5,10,12,14H,6-8H2,1H3,(H,15,17). The molecule has 2 unspecified atom stereocenters. The van der Waals surface area contributed by atoms with Crippen molar-refractivity contribution >= 4 is 11.6 Å². The van der Waals surface area contributed by atoms with Crippen molar-refractivity contribution in [1.29, 1.82) is 0 Å². The van der Waals surface area contributed by atoms with E-state index in [0.717, 1.165) is 31.1 Å². The highest BCUT2D eigenvalue weighted by atomic mass is 16.5. The van der Waals surface area contributed by atoms with Crippen LogP contribution in [0.25, 0.3) is 0 Å². The fourth-order valence-electron chi connectivity index (χ4n) is 2.49. The zero-order valence-corrected chi connectivity index (χ0v) is 10.3. The summed E-state index contributed by atoms with van der Waals surface area (Å²) in [7, 11) is 2.03. The van der Waals surface area contributed by atoms with Gasteiger partial charge < -0.3 is 15.4 Å². The number of carbonyl (C=O) groups is 1. The molecule has 1 aromatic rings. The van der Waals surface area contributed by atoms with Crippen molar-refractivity contribution in [1.82, 2.24) is 10.2 Å². The molecule has 2 N–H and O–H groups in total. The third-order valence-electron chi connectivity index (χ3n) is 3.57. The molecule has 0 aromatic heterocycles. The minimum absolute atomic E-state index is 0.0609. The second kappa shape index (κ2) is 4.59. The van der Waals surface area contributed by atoms with E-state index in [4.69, 9.17) is 4.74 Å². The van der Waals surface area contributed by atoms with Crippen LogP contribution < -0.4 is 15.4 Å². The van der Waals surface area contributed by atoms with Crippen LogP contribution in [-0.2, 0) is 4.79 Å². The van der Waals surface area contributed by atoms with Crippen molar-refractivity contribution in [2.75, 3.05) is 32.0 Å². The molecule has 1 fully saturated rings. The van der Waals surface area contributed by atoms with Gasteiger partial charge in [-0.1, -0.05) is 12.1 Å². The third-order valence-corrected chi connectivity index (χ3v) is 3.57. The molecule has 1 aromatic carbocycles. The number of para-hydroxylation sites is 2. The molecule has 3 rings (SSSR count). The number of anilines is 1. The van der Waals surface area contributed by atoms with Gasteiger partial charge in [-0.05, 0) is 19.2 Å². The van der Waals surface area contributed by atoms with Crippen LogP contribution in [0, 0.1) is 0 Å². The predicted octanol–water partition coefficient (Wildman–Crippen LogP) is 0.290. The quantitative estimate of drug-likeness (QED) is 0.749. The van der Waals surface area contributed by atoms with Crippen molar-refractivity contribution in [2.24, 2.45) is 0 Å². The van der Waals surface area contributed by atoms with Crippen molar-refractivity contribution in [2.45, 2.75) is 12.1 Å². The second-order valence-corrected chi connectivity index (χ2v) is 4.78. The Hall–Kier alpha value is -1.59. The lowest BCUT2D eigenvalue weighted by atomic mass is 10.0. The summed E-state index contributed by atoms with van der Waals surface area (Å²) in [5, 5.41) is 6.21. The van der Waals surface area contributed by atoms with Gasteiger partial charge in [-0.25, -0.2) is 0 Å². The lowest BCUT2D eigenvalue weighted by molar-refractivity contribution is -0.126. The molecule has 1 saturated heterocycles. The van der Waals surface area contributed by atoms with Crippen LogP contribution in [0.2, 0.25) is 0 Å². The summed E-state index contributed by atoms with van der Waals surface area (Å²) < 4.78 is 5.86. The van der Waals surface area contributed by atoms with Crippen molar-refractivity contribution in [3.63, 3.8) is 0 Å². The van der Waals surface area contributed by atoms with Gasteiger partial charge in [0.2, 0.25) is 0 Å². The molecule has 1 amide bonds. The summed E-state index contributed by atoms with van der Waals surface area (Å²) in [6.45, 7) is 2.66. The molecule has 18 heavy (non-hydrogen) atoms. The Labute approximate surface area is 106 Å². The first-order chi connectivity index (χ1) is 8.75. The number of hydrogen-bond acceptors (Lipinski definition) is 4. The van der Waals surface area contributed by atoms with Crippen LogP contribution in [-0.4, -0.2) is 49.6 Å². The maximum Gasteiger partial charge on any atom is 0.267 e. The molecule has 0 radical (unpaired) electrons. The van der Waals surface area contributed by atoms with Gasteiger partial charge in [-0.2, -0.15) is 0 Å². The van der Waals surface area contributed by atoms with E-state index in [1.54, 1.807) is 0 Å². The van der Waals surface area contributed by atoms with Crippen LogP contribution in [0.5, 0.6) is 5.75 Å². The fourth-order valence-corrected chi connectivity index (χ4v) is 2.49. The predicted molar refractivity (Wildman–Crippen MR) is 68.8 cm³/mol. The van der Waals surface area contributed by atoms with E-state index in [-0.39, 0.29) is 11.9 Å². The number of carbonyl (C=O) groups excluding carboxylic acids is 1. The van der Waals surface area contributed by atoms with Gasteiger partial charge in [0.15, 0.2) is 6.10 Å². The number of fused-ring (bicyclic) bond motifs is 1. The van der Waals surface area contributed by atoms with Crippen LogP contribution in [0.1, 0.15) is 0 Å². The molecule has 2 atom stereocenters. The van der Waals surface area contributed by atoms with Gasteiger partial charge in [-0.3, -0.25) is 9.69 Å². The van der Waals surface area contributed by atoms with Crippen molar-refractivity contribution < 1.29 is 9.53 Å². The van der Waals surface area contributed by atoms with E-state index in [2.05, 4.69) is 15.5 Å². The maximum absolute atomic E-state index is 12.1. The number of nitrogens with one attached hydrogen (secondary N) is 2. The maximum atomic E-state index is 12.1. The second-order valence-electron chi connectivity index (χ2n) is 4.78. The Morgan fingerprint density at radius 2 is 2.22 bits per heavy atom. The highest BCUT2D eigenvalue weighted by Gasteiger charge is 2.37. The number of hydrogen-bond donors (Lipinski definition) is 2. The zero-order valence-electron chi connectivity index (χ0n) is 10.3. The minimum atomic E-state index is -0.447. The lowest BCUT2D eigenvalue weighted by Crippen LogP contribution is -2.60. The number of amides is 1. The number of ether oxygens (including phenoxy) is 1. The SMILES string of the molecule is CN1CCNCC1C1Oc2ccccc2NC1=O. The van der Waals surface area contributed by atoms with Crippen molar-refractivity contribution in [3.05, 3.63) is 24.3 Å². The van der Waals surface area contributed by atoms with E-state index in [1.165, 1.54) is 0 Å². The number of piperazine rings is 1. The molecule has 2 heterocycles. The van der Waals surface area contributed by atoms with Gasteiger partial charge in [0, 0.05) is 19.6 Å². The highest BCUT2D eigenvalue weighted by molar-refractivity contribution is 5.98. The Kier molecular flexibility index (Phi) is 2.93. The molecule has 0 bridgehead atoms. The number of benzene rings is 1. The van der Waals surface area contributed by atoms with Crippen LogP contribution in [0.3, 0.4) is 0 Å². The monoisotopic (exact) mass is 247 g/mol. The first-order valence-electron chi connectivity index (χ1n) is 6.23. The summed E-state index contributed by atoms with van der Waals surface area (Å²) in [5.74, 6) is 0.690. The summed E-state index contributed by atoms with van der Waals surface area (Å²) in [6, 6.07) is 7.62. The molecular weight excluding hydrogens is 230 g/mol. The minimum Gasteiger partial charge on any atom is -0.477 e. The first-order valence-corrected chi connectivity index (χ1v) is 6.23. The normalized spacial score (nSPS) is 28.2. The smallest absolute Gasteiger partial charge is 0.267 e. The first kappa shape index (κ1) is 11.5. The Morgan fingerprint density at radius 3 is 3.06 bits per heavy atom. The Balaban J connectivity index is 1.84. The molecule has 0 saturated carbocycles. The molecule has 5 nitrogen and oxygen atoms in total. The molecule has 2 aliphatic rings. The van der Waals surface area contributed by atoms with Gasteiger partial charge in [0.05, 0.1) is 11.7 Å². The lowest BCUT2D eigenvalue weighted by Gasteiger charge is -2.39. The zero-order chi connectivity index (χ0) is 12.5. The van der Waals surface area contributed by atoms with E-state index in [9.17, 15) is 4.79 Å². The average molecular weight is 247 g/mol. The molecule has 5 heteroatoms. The molecule has 2 aliphatic heterocycles. The van der Waals surface area contributed by atoms with Crippen LogP contribution in [0.15, 0.2) is 24.3 Å². The molecular formula is C13H17N3O2. The van der Waals surface area contributed by atoms with Crippen LogP contribution in [0.4, 0.5) is 5.69 Å². The third kappa shape index (κ3) is 1.95. The van der Waals surface area contributed by atoms with E-state index < -0.39 is 6.10 Å². The van der Waals surface area contributed by atoms with E-state index in [0.29, 0.717) is 0 Å². The molecule has 96 valence electrons. The van der Waals surface area contributed by atoms with E-state index >= 15 is 0 Å². The fraction of sp³-hybridized carbons (Fsp3) is 0.462. The average Bonchev–Trinajstić information content (AvgIpc) is 2.39. The molecule has 0 spiro atoms. The van der Waals surface area contributed by atoms with E-state index in [1.807, 2.05) is 31.3 Å². The number of likely N-dealkylation sites (N-methyl/N-ethyl adjacent to an activating group) is 1. The number of nitrogens with zero attached hydrogens (tertiary/aromatic N) is 1. The summed E-state index contributed by atoms with van der Waals surface area (Å²) in [4.78, 5) is 14.3. The number of rotatable bonds is 1. The Morgan fingerprint density at radius 1 is 1.39 bits per heavy atom. The van der Waals surface area contributed by atoms with Crippen molar-refractivity contribution in [3.8, 4) is 5.75 Å². The van der Waals surface area contributed by atoms with Crippen LogP contribution >= 0.6 is 0 Å². The summed E-state index contributed by atoms with van der Waals surface area (Å²) in [6.07, 6.45) is -0.447. The summed E-state index contributed by atoms with van der Waals surface area (Å²) in [5.41, 5.74) is 0.755. The van der Waals surface area contributed by atoms with Gasteiger partial charge in [-0.15, -0.1) is 0 Å². The largest absolute Gasteiger partial charge is 0.477 e. The topological polar surface area (TPSA) is 53.6 Å². The van der Waals surface area contributed by atoms with Gasteiger partial charge in [0.25, 0.3) is 5.91 Å². The van der Waals surface area contributed by atoms with Gasteiger partial charge >= 0.3 is 0 Å². The highest BCUT2D eigenvalue weighted by Crippen LogP contribution is 2.30. The molecule has 0 aliphatic carbocycles. The Bertz CT molecular complexity index is 463.